The van der Waals surface area contributed by atoms with E-state index in [-0.39, 0.29) is 12.2 Å². The van der Waals surface area contributed by atoms with Gasteiger partial charge in [0.25, 0.3) is 0 Å². The van der Waals surface area contributed by atoms with Crippen molar-refractivity contribution >= 4 is 10.9 Å². The number of aromatic nitrogens is 3. The van der Waals surface area contributed by atoms with Crippen LogP contribution in [-0.4, -0.2) is 37.4 Å². The minimum absolute atomic E-state index is 0.162. The lowest BCUT2D eigenvalue weighted by Crippen LogP contribution is -2.58. The largest absolute Gasteiger partial charge is 0.393 e. The third-order valence-electron chi connectivity index (χ3n) is 11.7. The van der Waals surface area contributed by atoms with Crippen LogP contribution >= 0.6 is 0 Å². The molecule has 0 radical (unpaired) electrons. The highest BCUT2D eigenvalue weighted by molar-refractivity contribution is 5.76. The maximum Gasteiger partial charge on any atom is 0.129 e. The summed E-state index contributed by atoms with van der Waals surface area (Å²) in [4.78, 5) is 13.6. The van der Waals surface area contributed by atoms with Crippen molar-refractivity contribution in [3.63, 3.8) is 0 Å². The Morgan fingerprint density at radius 1 is 1.00 bits per heavy atom. The number of aliphatic hydroxyl groups excluding tert-OH is 2. The second-order valence-electron chi connectivity index (χ2n) is 13.2. The van der Waals surface area contributed by atoms with Crippen LogP contribution in [0.3, 0.4) is 0 Å². The summed E-state index contributed by atoms with van der Waals surface area (Å²) in [7, 11) is 0. The highest BCUT2D eigenvalue weighted by Crippen LogP contribution is 2.68. The van der Waals surface area contributed by atoms with E-state index >= 15 is 0 Å². The Balaban J connectivity index is 1.17. The molecule has 4 aliphatic carbocycles. The van der Waals surface area contributed by atoms with Crippen LogP contribution in [0.25, 0.3) is 10.9 Å². The molecule has 5 heteroatoms. The van der Waals surface area contributed by atoms with Crippen LogP contribution in [0.15, 0.2) is 24.7 Å². The van der Waals surface area contributed by atoms with E-state index < -0.39 is 0 Å². The molecule has 10 atom stereocenters. The minimum atomic E-state index is -0.193. The van der Waals surface area contributed by atoms with Crippen molar-refractivity contribution in [3.8, 4) is 0 Å². The predicted octanol–water partition coefficient (Wildman–Crippen LogP) is 5.58. The normalized spacial score (nSPS) is 43.9. The van der Waals surface area contributed by atoms with Crippen molar-refractivity contribution in [2.24, 2.45) is 46.3 Å². The zero-order valence-corrected chi connectivity index (χ0v) is 21.7. The fourth-order valence-electron chi connectivity index (χ4n) is 9.77. The molecule has 5 nitrogen and oxygen atoms in total. The maximum atomic E-state index is 11.5. The number of aliphatic hydroxyl groups is 2. The molecule has 2 heterocycles. The summed E-state index contributed by atoms with van der Waals surface area (Å²) in [6.45, 7) is 7.51. The third kappa shape index (κ3) is 3.83. The van der Waals surface area contributed by atoms with E-state index in [1.54, 1.807) is 6.20 Å². The molecule has 0 bridgehead atoms. The van der Waals surface area contributed by atoms with Crippen molar-refractivity contribution in [1.82, 2.24) is 15.0 Å². The summed E-state index contributed by atoms with van der Waals surface area (Å²) in [5.74, 6) is 4.46. The van der Waals surface area contributed by atoms with Gasteiger partial charge in [0.15, 0.2) is 0 Å². The van der Waals surface area contributed by atoms with Crippen molar-refractivity contribution in [2.45, 2.75) is 97.2 Å². The molecule has 1 unspecified atom stereocenters. The van der Waals surface area contributed by atoms with Gasteiger partial charge in [0, 0.05) is 24.2 Å². The van der Waals surface area contributed by atoms with Crippen LogP contribution in [0, 0.1) is 46.3 Å². The van der Waals surface area contributed by atoms with E-state index in [1.165, 1.54) is 25.7 Å². The van der Waals surface area contributed by atoms with Gasteiger partial charge in [-0.15, -0.1) is 0 Å². The lowest BCUT2D eigenvalue weighted by Gasteiger charge is -2.62. The summed E-state index contributed by atoms with van der Waals surface area (Å²) in [6.07, 6.45) is 16.2. The monoisotopic (exact) mass is 477 g/mol. The first-order valence-corrected chi connectivity index (χ1v) is 14.2. The Hall–Kier alpha value is -1.59. The standard InChI is InChI=1S/C30H43N3O2/c1-18(4-7-27-32-16-19-10-13-31-17-25(19)33-27)22-5-6-23-28-24(9-12-30(22,23)3)29(2)11-8-21(34)14-20(29)15-26(28)35/h10,13,16-18,20-24,26,28,34-35H,4-9,11-12,14-15H2,1-3H3/t18-,20+,21-,22-,23+,24?,26-,28+,29+,30-/m1/s1. The first kappa shape index (κ1) is 23.8. The fraction of sp³-hybridized carbons (Fsp3) is 0.767. The van der Waals surface area contributed by atoms with Crippen LogP contribution in [0.4, 0.5) is 0 Å². The molecule has 4 aliphatic rings. The number of nitrogens with zero attached hydrogens (tertiary/aromatic N) is 3. The zero-order chi connectivity index (χ0) is 24.4. The Morgan fingerprint density at radius 2 is 1.80 bits per heavy atom. The molecular weight excluding hydrogens is 434 g/mol. The second kappa shape index (κ2) is 8.76. The Kier molecular flexibility index (Phi) is 5.95. The molecule has 0 spiro atoms. The molecule has 0 aliphatic heterocycles. The van der Waals surface area contributed by atoms with Crippen LogP contribution in [0.1, 0.15) is 84.4 Å². The summed E-state index contributed by atoms with van der Waals surface area (Å²) in [5, 5.41) is 22.8. The van der Waals surface area contributed by atoms with Crippen LogP contribution < -0.4 is 0 Å². The average molecular weight is 478 g/mol. The fourth-order valence-corrected chi connectivity index (χ4v) is 9.77. The number of aryl methyl sites for hydroxylation is 1. The zero-order valence-electron chi connectivity index (χ0n) is 21.7. The Bertz CT molecular complexity index is 1080. The van der Waals surface area contributed by atoms with Crippen molar-refractivity contribution < 1.29 is 10.2 Å². The maximum absolute atomic E-state index is 11.5. The number of rotatable bonds is 4. The SMILES string of the molecule is C[C@H](CCc1ncc2ccncc2n1)[C@H]1CC[C@H]2[C@H]3C(CC[C@]12C)[C@@]1(C)CC[C@@H](O)C[C@H]1C[C@H]3O. The van der Waals surface area contributed by atoms with Gasteiger partial charge in [0.2, 0.25) is 0 Å². The summed E-state index contributed by atoms with van der Waals surface area (Å²) in [6, 6.07) is 1.97. The predicted molar refractivity (Wildman–Crippen MR) is 137 cm³/mol. The molecular formula is C30H43N3O2. The lowest BCUT2D eigenvalue weighted by molar-refractivity contribution is -0.174. The lowest BCUT2D eigenvalue weighted by atomic mass is 9.43. The van der Waals surface area contributed by atoms with E-state index in [4.69, 9.17) is 4.98 Å². The van der Waals surface area contributed by atoms with E-state index in [2.05, 4.69) is 30.7 Å². The number of fused-ring (bicyclic) bond motifs is 6. The third-order valence-corrected chi connectivity index (χ3v) is 11.7. The molecule has 6 rings (SSSR count). The van der Waals surface area contributed by atoms with Crippen molar-refractivity contribution in [1.29, 1.82) is 0 Å². The topological polar surface area (TPSA) is 79.1 Å². The first-order chi connectivity index (χ1) is 16.8. The van der Waals surface area contributed by atoms with Crippen LogP contribution in [-0.2, 0) is 6.42 Å². The quantitative estimate of drug-likeness (QED) is 0.601. The van der Waals surface area contributed by atoms with Crippen LogP contribution in [0.2, 0.25) is 0 Å². The van der Waals surface area contributed by atoms with E-state index in [1.807, 2.05) is 18.5 Å². The molecule has 0 aromatic carbocycles. The van der Waals surface area contributed by atoms with Crippen LogP contribution in [0.5, 0.6) is 0 Å². The summed E-state index contributed by atoms with van der Waals surface area (Å²) < 4.78 is 0. The molecule has 35 heavy (non-hydrogen) atoms. The Labute approximate surface area is 210 Å². The molecule has 0 saturated heterocycles. The molecule has 2 aromatic rings. The molecule has 4 fully saturated rings. The molecule has 190 valence electrons. The Morgan fingerprint density at radius 3 is 2.66 bits per heavy atom. The highest BCUT2D eigenvalue weighted by Gasteiger charge is 2.62. The van der Waals surface area contributed by atoms with Gasteiger partial charge >= 0.3 is 0 Å². The van der Waals surface area contributed by atoms with Crippen molar-refractivity contribution in [2.75, 3.05) is 0 Å². The number of hydrogen-bond acceptors (Lipinski definition) is 5. The van der Waals surface area contributed by atoms with Gasteiger partial charge < -0.3 is 10.2 Å². The van der Waals surface area contributed by atoms with Gasteiger partial charge in [0.1, 0.15) is 5.82 Å². The van der Waals surface area contributed by atoms with Gasteiger partial charge in [-0.2, -0.15) is 0 Å². The van der Waals surface area contributed by atoms with E-state index in [0.29, 0.717) is 46.3 Å². The summed E-state index contributed by atoms with van der Waals surface area (Å²) in [5.41, 5.74) is 1.56. The van der Waals surface area contributed by atoms with Gasteiger partial charge in [-0.25, -0.2) is 9.97 Å². The van der Waals surface area contributed by atoms with E-state index in [0.717, 1.165) is 55.3 Å². The summed E-state index contributed by atoms with van der Waals surface area (Å²) >= 11 is 0. The van der Waals surface area contributed by atoms with Gasteiger partial charge in [-0.05, 0) is 110 Å². The van der Waals surface area contributed by atoms with Gasteiger partial charge in [0.05, 0.1) is 23.9 Å². The molecule has 4 saturated carbocycles. The molecule has 2 aromatic heterocycles. The van der Waals surface area contributed by atoms with Crippen molar-refractivity contribution in [3.05, 3.63) is 30.5 Å². The average Bonchev–Trinajstić information content (AvgIpc) is 3.21. The van der Waals surface area contributed by atoms with Gasteiger partial charge in [-0.3, -0.25) is 4.98 Å². The second-order valence-corrected chi connectivity index (χ2v) is 13.2. The minimum Gasteiger partial charge on any atom is -0.393 e. The smallest absolute Gasteiger partial charge is 0.129 e. The molecule has 0 amide bonds. The van der Waals surface area contributed by atoms with E-state index in [9.17, 15) is 10.2 Å². The number of hydrogen-bond donors (Lipinski definition) is 2. The van der Waals surface area contributed by atoms with Gasteiger partial charge in [-0.1, -0.05) is 20.8 Å². The highest BCUT2D eigenvalue weighted by atomic mass is 16.3. The number of pyridine rings is 1. The first-order valence-electron chi connectivity index (χ1n) is 14.2. The molecule has 2 N–H and O–H groups in total.